The highest BCUT2D eigenvalue weighted by atomic mass is 16.3. The van der Waals surface area contributed by atoms with E-state index in [-0.39, 0.29) is 17.9 Å². The highest BCUT2D eigenvalue weighted by molar-refractivity contribution is 5.99. The van der Waals surface area contributed by atoms with Gasteiger partial charge in [-0.25, -0.2) is 0 Å². The molecule has 1 aromatic carbocycles. The molecular formula is C19H24N2O3. The molecule has 1 aromatic rings. The number of aryl methyl sites for hydroxylation is 1. The van der Waals surface area contributed by atoms with Gasteiger partial charge >= 0.3 is 0 Å². The molecule has 24 heavy (non-hydrogen) atoms. The number of piperidine rings is 1. The summed E-state index contributed by atoms with van der Waals surface area (Å²) in [4.78, 5) is 28.4. The molecule has 0 spiro atoms. The Labute approximate surface area is 142 Å². The summed E-state index contributed by atoms with van der Waals surface area (Å²) in [6.45, 7) is 0.737. The van der Waals surface area contributed by atoms with Crippen LogP contribution >= 0.6 is 0 Å². The molecule has 2 aliphatic heterocycles. The summed E-state index contributed by atoms with van der Waals surface area (Å²) in [6.07, 6.45) is 4.63. The van der Waals surface area contributed by atoms with Gasteiger partial charge in [-0.3, -0.25) is 9.59 Å². The third kappa shape index (κ3) is 2.51. The van der Waals surface area contributed by atoms with Crippen molar-refractivity contribution in [3.8, 4) is 0 Å². The first-order valence-electron chi connectivity index (χ1n) is 8.93. The molecule has 2 amide bonds. The van der Waals surface area contributed by atoms with Crippen molar-refractivity contribution in [3.05, 3.63) is 29.3 Å². The third-order valence-corrected chi connectivity index (χ3v) is 6.00. The van der Waals surface area contributed by atoms with Gasteiger partial charge in [0.2, 0.25) is 5.91 Å². The molecule has 1 aliphatic carbocycles. The molecule has 1 saturated carbocycles. The largest absolute Gasteiger partial charge is 0.391 e. The molecule has 2 fully saturated rings. The van der Waals surface area contributed by atoms with E-state index in [0.29, 0.717) is 24.3 Å². The summed E-state index contributed by atoms with van der Waals surface area (Å²) in [5.41, 5.74) is 2.63. The van der Waals surface area contributed by atoms with Crippen LogP contribution in [0.1, 0.15) is 48.0 Å². The first-order valence-corrected chi connectivity index (χ1v) is 8.93. The van der Waals surface area contributed by atoms with Crippen LogP contribution in [0.3, 0.4) is 0 Å². The van der Waals surface area contributed by atoms with Crippen molar-refractivity contribution in [2.45, 2.75) is 50.7 Å². The van der Waals surface area contributed by atoms with Crippen molar-refractivity contribution in [3.63, 3.8) is 0 Å². The van der Waals surface area contributed by atoms with Crippen LogP contribution in [0.15, 0.2) is 18.2 Å². The number of carbonyl (C=O) groups excluding carboxylic acids is 2. The Bertz CT molecular complexity index is 687. The second kappa shape index (κ2) is 5.88. The lowest BCUT2D eigenvalue weighted by molar-refractivity contribution is -0.118. The fraction of sp³-hybridized carbons (Fsp3) is 0.579. The number of rotatable bonds is 1. The Balaban J connectivity index is 1.60. The standard InChI is InChI=1S/C19H24N2O3/c1-20-15-5-3-14(11-13(15)4-7-18(20)23)19(24)21-9-8-12-2-6-17(22)16(21)10-12/h3,5,11-12,16-17,22H,2,4,6-10H2,1H3. The first kappa shape index (κ1) is 15.6. The molecule has 0 radical (unpaired) electrons. The van der Waals surface area contributed by atoms with Gasteiger partial charge < -0.3 is 14.9 Å². The van der Waals surface area contributed by atoms with Crippen LogP contribution in [0.4, 0.5) is 5.69 Å². The number of hydrogen-bond donors (Lipinski definition) is 1. The Kier molecular flexibility index (Phi) is 3.83. The maximum absolute atomic E-state index is 13.0. The highest BCUT2D eigenvalue weighted by Crippen LogP contribution is 2.36. The topological polar surface area (TPSA) is 60.9 Å². The van der Waals surface area contributed by atoms with Gasteiger partial charge in [0, 0.05) is 31.3 Å². The Morgan fingerprint density at radius 3 is 2.88 bits per heavy atom. The van der Waals surface area contributed by atoms with E-state index in [9.17, 15) is 14.7 Å². The van der Waals surface area contributed by atoms with E-state index in [0.717, 1.165) is 43.5 Å². The van der Waals surface area contributed by atoms with Crippen LogP contribution in [0, 0.1) is 5.92 Å². The molecular weight excluding hydrogens is 304 g/mol. The zero-order chi connectivity index (χ0) is 16.8. The second-order valence-electron chi connectivity index (χ2n) is 7.40. The zero-order valence-electron chi connectivity index (χ0n) is 14.1. The van der Waals surface area contributed by atoms with E-state index in [1.807, 2.05) is 23.1 Å². The van der Waals surface area contributed by atoms with E-state index in [2.05, 4.69) is 0 Å². The van der Waals surface area contributed by atoms with Crippen molar-refractivity contribution in [2.24, 2.45) is 5.92 Å². The molecule has 1 N–H and O–H groups in total. The molecule has 1 saturated heterocycles. The van der Waals surface area contributed by atoms with Gasteiger partial charge in [-0.1, -0.05) is 0 Å². The minimum Gasteiger partial charge on any atom is -0.391 e. The smallest absolute Gasteiger partial charge is 0.254 e. The number of anilines is 1. The summed E-state index contributed by atoms with van der Waals surface area (Å²) in [5.74, 6) is 0.793. The van der Waals surface area contributed by atoms with E-state index < -0.39 is 6.10 Å². The van der Waals surface area contributed by atoms with Crippen LogP contribution in [0.25, 0.3) is 0 Å². The normalized spacial score (nSPS) is 29.4. The van der Waals surface area contributed by atoms with Crippen molar-refractivity contribution in [1.29, 1.82) is 0 Å². The lowest BCUT2D eigenvalue weighted by atomic mass is 9.78. The average Bonchev–Trinajstić information content (AvgIpc) is 2.61. The molecule has 128 valence electrons. The maximum atomic E-state index is 13.0. The van der Waals surface area contributed by atoms with E-state index >= 15 is 0 Å². The van der Waals surface area contributed by atoms with Crippen molar-refractivity contribution in [2.75, 3.05) is 18.5 Å². The predicted octanol–water partition coefficient (Wildman–Crippen LogP) is 1.97. The van der Waals surface area contributed by atoms with Gasteiger partial charge in [0.25, 0.3) is 5.91 Å². The Morgan fingerprint density at radius 2 is 2.04 bits per heavy atom. The summed E-state index contributed by atoms with van der Waals surface area (Å²) in [7, 11) is 1.78. The molecule has 5 heteroatoms. The number of aliphatic hydroxyl groups is 1. The van der Waals surface area contributed by atoms with E-state index in [1.165, 1.54) is 0 Å². The van der Waals surface area contributed by atoms with Crippen molar-refractivity contribution >= 4 is 17.5 Å². The monoisotopic (exact) mass is 328 g/mol. The molecule has 3 unspecified atom stereocenters. The van der Waals surface area contributed by atoms with Gasteiger partial charge in [0.15, 0.2) is 0 Å². The first-order chi connectivity index (χ1) is 11.5. The lowest BCUT2D eigenvalue weighted by Crippen LogP contribution is -2.54. The molecule has 0 aromatic heterocycles. The molecule has 3 aliphatic rings. The molecule has 3 atom stereocenters. The van der Waals surface area contributed by atoms with Gasteiger partial charge in [-0.15, -0.1) is 0 Å². The number of benzene rings is 1. The van der Waals surface area contributed by atoms with Gasteiger partial charge in [-0.05, 0) is 61.8 Å². The number of hydrogen-bond acceptors (Lipinski definition) is 3. The SMILES string of the molecule is CN1C(=O)CCc2cc(C(=O)N3CCC4CCC(O)C3C4)ccc21. The average molecular weight is 328 g/mol. The molecule has 2 bridgehead atoms. The summed E-state index contributed by atoms with van der Waals surface area (Å²) < 4.78 is 0. The fourth-order valence-electron chi connectivity index (χ4n) is 4.51. The summed E-state index contributed by atoms with van der Waals surface area (Å²) in [6, 6.07) is 5.59. The fourth-order valence-corrected chi connectivity index (χ4v) is 4.51. The minimum atomic E-state index is -0.396. The van der Waals surface area contributed by atoms with Crippen LogP contribution in [0.5, 0.6) is 0 Å². The predicted molar refractivity (Wildman–Crippen MR) is 91.0 cm³/mol. The summed E-state index contributed by atoms with van der Waals surface area (Å²) >= 11 is 0. The highest BCUT2D eigenvalue weighted by Gasteiger charge is 2.39. The maximum Gasteiger partial charge on any atom is 0.254 e. The molecule has 5 nitrogen and oxygen atoms in total. The Morgan fingerprint density at radius 1 is 1.21 bits per heavy atom. The van der Waals surface area contributed by atoms with E-state index in [4.69, 9.17) is 0 Å². The Hall–Kier alpha value is -1.88. The summed E-state index contributed by atoms with van der Waals surface area (Å²) in [5, 5.41) is 10.3. The number of likely N-dealkylation sites (tertiary alicyclic amines) is 1. The lowest BCUT2D eigenvalue weighted by Gasteiger charge is -2.45. The van der Waals surface area contributed by atoms with Crippen LogP contribution in [0.2, 0.25) is 0 Å². The minimum absolute atomic E-state index is 0.0155. The van der Waals surface area contributed by atoms with Crippen molar-refractivity contribution < 1.29 is 14.7 Å². The number of aliphatic hydroxyl groups excluding tert-OH is 1. The third-order valence-electron chi connectivity index (χ3n) is 6.00. The van der Waals surface area contributed by atoms with Crippen molar-refractivity contribution in [1.82, 2.24) is 4.90 Å². The van der Waals surface area contributed by atoms with E-state index in [1.54, 1.807) is 11.9 Å². The number of nitrogens with zero attached hydrogens (tertiary/aromatic N) is 2. The molecule has 4 rings (SSSR count). The zero-order valence-corrected chi connectivity index (χ0v) is 14.1. The van der Waals surface area contributed by atoms with Gasteiger partial charge in [-0.2, -0.15) is 0 Å². The van der Waals surface area contributed by atoms with Crippen LogP contribution in [-0.4, -0.2) is 47.6 Å². The van der Waals surface area contributed by atoms with Gasteiger partial charge in [0.1, 0.15) is 0 Å². The number of carbonyl (C=O) groups is 2. The van der Waals surface area contributed by atoms with Crippen LogP contribution < -0.4 is 4.90 Å². The second-order valence-corrected chi connectivity index (χ2v) is 7.40. The van der Waals surface area contributed by atoms with Gasteiger partial charge in [0.05, 0.1) is 12.1 Å². The number of amides is 2. The molecule has 2 heterocycles. The quantitative estimate of drug-likeness (QED) is 0.857. The van der Waals surface area contributed by atoms with Crippen LogP contribution in [-0.2, 0) is 11.2 Å². The number of fused-ring (bicyclic) bond motifs is 3.